The maximum Gasteiger partial charge on any atom is 0.401 e. The third kappa shape index (κ3) is 8.07. The summed E-state index contributed by atoms with van der Waals surface area (Å²) in [6.07, 6.45) is -1.33. The van der Waals surface area contributed by atoms with Crippen molar-refractivity contribution in [3.63, 3.8) is 0 Å². The lowest BCUT2D eigenvalue weighted by Crippen LogP contribution is -2.48. The van der Waals surface area contributed by atoms with Gasteiger partial charge in [-0.1, -0.05) is 20.8 Å². The van der Waals surface area contributed by atoms with E-state index in [1.165, 1.54) is 4.90 Å². The summed E-state index contributed by atoms with van der Waals surface area (Å²) in [5, 5.41) is 12.8. The molecule has 0 spiro atoms. The van der Waals surface area contributed by atoms with Gasteiger partial charge in [0.2, 0.25) is 0 Å². The molecule has 6 heteroatoms. The van der Waals surface area contributed by atoms with Crippen LogP contribution in [0.5, 0.6) is 0 Å². The second-order valence-electron chi connectivity index (χ2n) is 5.32. The highest BCUT2D eigenvalue weighted by molar-refractivity contribution is 4.86. The number of aliphatic hydroxyl groups excluding tert-OH is 1. The number of rotatable bonds is 11. The van der Waals surface area contributed by atoms with E-state index in [-0.39, 0.29) is 12.1 Å². The second-order valence-corrected chi connectivity index (χ2v) is 5.32. The summed E-state index contributed by atoms with van der Waals surface area (Å²) < 4.78 is 37.3. The molecular weight excluding hydrogens is 269 g/mol. The van der Waals surface area contributed by atoms with Crippen LogP contribution < -0.4 is 5.32 Å². The summed E-state index contributed by atoms with van der Waals surface area (Å²) >= 11 is 0. The van der Waals surface area contributed by atoms with Gasteiger partial charge in [-0.3, -0.25) is 4.90 Å². The first kappa shape index (κ1) is 19.7. The Morgan fingerprint density at radius 2 is 1.75 bits per heavy atom. The fourth-order valence-corrected chi connectivity index (χ4v) is 2.49. The lowest BCUT2D eigenvalue weighted by molar-refractivity contribution is -0.146. The fourth-order valence-electron chi connectivity index (χ4n) is 2.49. The van der Waals surface area contributed by atoms with Crippen LogP contribution >= 0.6 is 0 Å². The Hall–Kier alpha value is -0.330. The topological polar surface area (TPSA) is 35.5 Å². The van der Waals surface area contributed by atoms with Gasteiger partial charge < -0.3 is 10.4 Å². The average molecular weight is 298 g/mol. The van der Waals surface area contributed by atoms with Gasteiger partial charge in [-0.2, -0.15) is 13.2 Å². The van der Waals surface area contributed by atoms with E-state index in [1.54, 1.807) is 0 Å². The van der Waals surface area contributed by atoms with Crippen LogP contribution in [0.4, 0.5) is 13.2 Å². The molecule has 0 saturated heterocycles. The van der Waals surface area contributed by atoms with Gasteiger partial charge in [-0.05, 0) is 45.3 Å². The van der Waals surface area contributed by atoms with Crippen LogP contribution in [-0.4, -0.2) is 54.5 Å². The molecule has 1 atom stereocenters. The highest BCUT2D eigenvalue weighted by Crippen LogP contribution is 2.20. The van der Waals surface area contributed by atoms with Crippen molar-refractivity contribution >= 4 is 0 Å². The van der Waals surface area contributed by atoms with Crippen molar-refractivity contribution < 1.29 is 18.3 Å². The Morgan fingerprint density at radius 3 is 2.15 bits per heavy atom. The number of nitrogens with one attached hydrogen (secondary N) is 1. The van der Waals surface area contributed by atoms with Crippen LogP contribution in [0.25, 0.3) is 0 Å². The quantitative estimate of drug-likeness (QED) is 0.616. The smallest absolute Gasteiger partial charge is 0.394 e. The number of hydrogen-bond acceptors (Lipinski definition) is 3. The van der Waals surface area contributed by atoms with Crippen molar-refractivity contribution in [2.45, 2.75) is 58.2 Å². The number of hydrogen-bond donors (Lipinski definition) is 2. The van der Waals surface area contributed by atoms with E-state index in [0.717, 1.165) is 13.0 Å². The van der Waals surface area contributed by atoms with Crippen molar-refractivity contribution in [2.75, 3.05) is 32.8 Å². The Kier molecular flexibility index (Phi) is 9.42. The van der Waals surface area contributed by atoms with E-state index < -0.39 is 12.7 Å². The minimum atomic E-state index is -4.14. The summed E-state index contributed by atoms with van der Waals surface area (Å²) in [7, 11) is 0. The van der Waals surface area contributed by atoms with Gasteiger partial charge in [0.25, 0.3) is 0 Å². The molecule has 0 aromatic carbocycles. The molecule has 2 N–H and O–H groups in total. The summed E-state index contributed by atoms with van der Waals surface area (Å²) in [5.41, 5.74) is -0.356. The van der Waals surface area contributed by atoms with Gasteiger partial charge in [0, 0.05) is 5.54 Å². The van der Waals surface area contributed by atoms with E-state index >= 15 is 0 Å². The molecule has 0 rings (SSSR count). The summed E-state index contributed by atoms with van der Waals surface area (Å²) in [4.78, 5) is 1.45. The average Bonchev–Trinajstić information content (AvgIpc) is 2.36. The first-order valence-corrected chi connectivity index (χ1v) is 7.47. The normalized spacial score (nSPS) is 15.6. The maximum atomic E-state index is 12.4. The molecule has 0 amide bonds. The predicted molar refractivity (Wildman–Crippen MR) is 75.8 cm³/mol. The van der Waals surface area contributed by atoms with Crippen LogP contribution in [0.1, 0.15) is 46.5 Å². The zero-order chi connectivity index (χ0) is 15.6. The van der Waals surface area contributed by atoms with Crippen molar-refractivity contribution in [1.82, 2.24) is 10.2 Å². The van der Waals surface area contributed by atoms with E-state index in [4.69, 9.17) is 0 Å². The molecule has 0 aromatic heterocycles. The Labute approximate surface area is 120 Å². The van der Waals surface area contributed by atoms with Crippen molar-refractivity contribution in [1.29, 1.82) is 0 Å². The molecule has 0 aliphatic carbocycles. The third-order valence-electron chi connectivity index (χ3n) is 3.60. The van der Waals surface area contributed by atoms with Crippen LogP contribution in [0.3, 0.4) is 0 Å². The van der Waals surface area contributed by atoms with Crippen LogP contribution in [-0.2, 0) is 0 Å². The minimum Gasteiger partial charge on any atom is -0.394 e. The number of likely N-dealkylation sites (N-methyl/N-ethyl adjacent to an activating group) is 1. The molecule has 0 fully saturated rings. The first-order chi connectivity index (χ1) is 9.32. The van der Waals surface area contributed by atoms with Gasteiger partial charge in [0.1, 0.15) is 0 Å². The molecule has 0 bridgehead atoms. The van der Waals surface area contributed by atoms with Crippen molar-refractivity contribution in [3.05, 3.63) is 0 Å². The first-order valence-electron chi connectivity index (χ1n) is 7.47. The van der Waals surface area contributed by atoms with Crippen molar-refractivity contribution in [3.8, 4) is 0 Å². The van der Waals surface area contributed by atoms with E-state index in [1.807, 2.05) is 20.8 Å². The minimum absolute atomic E-state index is 0.0182. The highest BCUT2D eigenvalue weighted by atomic mass is 19.4. The standard InChI is InChI=1S/C14H29F3N2O/c1-4-9-19(11-14(15,16)17)10-7-8-13(5-2,12-20)18-6-3/h18,20H,4-12H2,1-3H3. The molecule has 3 nitrogen and oxygen atoms in total. The summed E-state index contributed by atoms with van der Waals surface area (Å²) in [6, 6.07) is 0. The molecule has 122 valence electrons. The second kappa shape index (κ2) is 9.58. The zero-order valence-corrected chi connectivity index (χ0v) is 12.9. The van der Waals surface area contributed by atoms with Gasteiger partial charge >= 0.3 is 6.18 Å². The molecule has 0 radical (unpaired) electrons. The van der Waals surface area contributed by atoms with Gasteiger partial charge in [0.15, 0.2) is 0 Å². The summed E-state index contributed by atoms with van der Waals surface area (Å²) in [5.74, 6) is 0. The Bertz CT molecular complexity index is 243. The lowest BCUT2D eigenvalue weighted by Gasteiger charge is -2.33. The number of nitrogens with zero attached hydrogens (tertiary/aromatic N) is 1. The Balaban J connectivity index is 4.32. The molecule has 20 heavy (non-hydrogen) atoms. The zero-order valence-electron chi connectivity index (χ0n) is 12.9. The fraction of sp³-hybridized carbons (Fsp3) is 1.00. The number of aliphatic hydroxyl groups is 1. The molecule has 0 heterocycles. The van der Waals surface area contributed by atoms with Crippen LogP contribution in [0.2, 0.25) is 0 Å². The highest BCUT2D eigenvalue weighted by Gasteiger charge is 2.31. The van der Waals surface area contributed by atoms with Gasteiger partial charge in [-0.15, -0.1) is 0 Å². The molecular formula is C14H29F3N2O. The summed E-state index contributed by atoms with van der Waals surface area (Å²) in [6.45, 7) is 6.62. The SMILES string of the molecule is CCCN(CCCC(CC)(CO)NCC)CC(F)(F)F. The molecule has 0 aliphatic rings. The Morgan fingerprint density at radius 1 is 1.10 bits per heavy atom. The molecule has 0 aliphatic heterocycles. The largest absolute Gasteiger partial charge is 0.401 e. The van der Waals surface area contributed by atoms with E-state index in [9.17, 15) is 18.3 Å². The number of alkyl halides is 3. The molecule has 0 saturated carbocycles. The predicted octanol–water partition coefficient (Wildman–Crippen LogP) is 2.79. The van der Waals surface area contributed by atoms with Crippen LogP contribution in [0.15, 0.2) is 0 Å². The van der Waals surface area contributed by atoms with Crippen LogP contribution in [0, 0.1) is 0 Å². The lowest BCUT2D eigenvalue weighted by atomic mass is 9.91. The van der Waals surface area contributed by atoms with Gasteiger partial charge in [-0.25, -0.2) is 0 Å². The van der Waals surface area contributed by atoms with Gasteiger partial charge in [0.05, 0.1) is 13.2 Å². The molecule has 0 aromatic rings. The monoisotopic (exact) mass is 298 g/mol. The van der Waals surface area contributed by atoms with Crippen molar-refractivity contribution in [2.24, 2.45) is 0 Å². The number of halogens is 3. The van der Waals surface area contributed by atoms with E-state index in [0.29, 0.717) is 32.4 Å². The molecule has 1 unspecified atom stereocenters. The van der Waals surface area contributed by atoms with E-state index in [2.05, 4.69) is 5.32 Å². The maximum absolute atomic E-state index is 12.4. The third-order valence-corrected chi connectivity index (χ3v) is 3.60.